The molecule has 2 aliphatic rings. The first-order chi connectivity index (χ1) is 11.5. The number of thiazole rings is 1. The van der Waals surface area contributed by atoms with E-state index in [0.717, 1.165) is 55.9 Å². The summed E-state index contributed by atoms with van der Waals surface area (Å²) in [4.78, 5) is 30.6. The number of nitrogens with zero attached hydrogens (tertiary/aromatic N) is 2. The van der Waals surface area contributed by atoms with Gasteiger partial charge in [-0.25, -0.2) is 4.98 Å². The lowest BCUT2D eigenvalue weighted by Crippen LogP contribution is -2.41. The predicted octanol–water partition coefficient (Wildman–Crippen LogP) is 2.57. The van der Waals surface area contributed by atoms with Crippen LogP contribution >= 0.6 is 11.3 Å². The molecule has 132 valence electrons. The molecule has 6 heteroatoms. The number of hydrogen-bond acceptors (Lipinski definition) is 4. The van der Waals surface area contributed by atoms with Crippen molar-refractivity contribution >= 4 is 23.2 Å². The van der Waals surface area contributed by atoms with Gasteiger partial charge in [-0.15, -0.1) is 11.3 Å². The van der Waals surface area contributed by atoms with Crippen molar-refractivity contribution in [2.24, 2.45) is 11.8 Å². The molecule has 2 amide bonds. The molecule has 2 heterocycles. The molecule has 0 aromatic carbocycles. The van der Waals surface area contributed by atoms with E-state index in [4.69, 9.17) is 4.98 Å². The lowest BCUT2D eigenvalue weighted by molar-refractivity contribution is -0.135. The average Bonchev–Trinajstić information content (AvgIpc) is 3.33. The summed E-state index contributed by atoms with van der Waals surface area (Å²) < 4.78 is 0. The number of hydrogen-bond donors (Lipinski definition) is 1. The van der Waals surface area contributed by atoms with Gasteiger partial charge in [0.1, 0.15) is 0 Å². The van der Waals surface area contributed by atoms with Gasteiger partial charge >= 0.3 is 0 Å². The van der Waals surface area contributed by atoms with Crippen LogP contribution in [0.25, 0.3) is 0 Å². The van der Waals surface area contributed by atoms with Crippen LogP contribution in [0, 0.1) is 11.8 Å². The molecule has 1 atom stereocenters. The summed E-state index contributed by atoms with van der Waals surface area (Å²) in [6.45, 7) is 6.26. The Balaban J connectivity index is 1.50. The first-order valence-corrected chi connectivity index (χ1v) is 9.93. The van der Waals surface area contributed by atoms with E-state index < -0.39 is 0 Å². The van der Waals surface area contributed by atoms with E-state index in [2.05, 4.69) is 10.7 Å². The van der Waals surface area contributed by atoms with Crippen LogP contribution in [0.1, 0.15) is 56.2 Å². The van der Waals surface area contributed by atoms with E-state index in [9.17, 15) is 9.59 Å². The van der Waals surface area contributed by atoms with Crippen LogP contribution in [0.3, 0.4) is 0 Å². The number of aromatic nitrogens is 1. The van der Waals surface area contributed by atoms with Gasteiger partial charge in [-0.2, -0.15) is 0 Å². The molecule has 1 N–H and O–H groups in total. The summed E-state index contributed by atoms with van der Waals surface area (Å²) >= 11 is 1.69. The summed E-state index contributed by atoms with van der Waals surface area (Å²) in [6.07, 6.45) is 5.03. The molecular formula is C18H27N3O2S. The van der Waals surface area contributed by atoms with E-state index in [-0.39, 0.29) is 23.7 Å². The normalized spacial score (nSPS) is 21.1. The van der Waals surface area contributed by atoms with E-state index in [1.165, 1.54) is 0 Å². The second-order valence-corrected chi connectivity index (χ2v) is 8.16. The molecule has 2 fully saturated rings. The molecule has 0 unspecified atom stereocenters. The number of nitrogens with one attached hydrogen (secondary N) is 1. The molecule has 1 aliphatic carbocycles. The average molecular weight is 350 g/mol. The minimum atomic E-state index is 0.0608. The van der Waals surface area contributed by atoms with Crippen LogP contribution < -0.4 is 5.32 Å². The zero-order chi connectivity index (χ0) is 17.1. The Labute approximate surface area is 147 Å². The summed E-state index contributed by atoms with van der Waals surface area (Å²) in [6, 6.07) is 0. The summed E-state index contributed by atoms with van der Waals surface area (Å²) in [5, 5.41) is 6.23. The third-order valence-electron chi connectivity index (χ3n) is 4.77. The van der Waals surface area contributed by atoms with E-state index >= 15 is 0 Å². The van der Waals surface area contributed by atoms with Crippen LogP contribution in [0.2, 0.25) is 0 Å². The molecule has 1 aromatic heterocycles. The third kappa shape index (κ3) is 4.35. The summed E-state index contributed by atoms with van der Waals surface area (Å²) in [5.41, 5.74) is 1.05. The van der Waals surface area contributed by atoms with Crippen molar-refractivity contribution in [3.05, 3.63) is 16.1 Å². The second-order valence-electron chi connectivity index (χ2n) is 7.27. The number of amides is 2. The highest BCUT2D eigenvalue weighted by molar-refractivity contribution is 7.09. The zero-order valence-corrected chi connectivity index (χ0v) is 15.4. The number of carbonyl (C=O) groups is 2. The molecule has 1 aliphatic heterocycles. The van der Waals surface area contributed by atoms with Gasteiger partial charge in [-0.05, 0) is 25.7 Å². The quantitative estimate of drug-likeness (QED) is 0.858. The third-order valence-corrected chi connectivity index (χ3v) is 5.83. The molecule has 5 nitrogen and oxygen atoms in total. The van der Waals surface area contributed by atoms with Gasteiger partial charge in [0.25, 0.3) is 0 Å². The van der Waals surface area contributed by atoms with E-state index in [0.29, 0.717) is 12.5 Å². The van der Waals surface area contributed by atoms with Crippen LogP contribution in [0.5, 0.6) is 0 Å². The Morgan fingerprint density at radius 3 is 2.88 bits per heavy atom. The molecule has 1 saturated heterocycles. The lowest BCUT2D eigenvalue weighted by atomic mass is 9.97. The van der Waals surface area contributed by atoms with Crippen LogP contribution in [0.15, 0.2) is 5.38 Å². The molecule has 0 spiro atoms. The Morgan fingerprint density at radius 2 is 2.17 bits per heavy atom. The topological polar surface area (TPSA) is 62.3 Å². The molecule has 0 bridgehead atoms. The van der Waals surface area contributed by atoms with Crippen molar-refractivity contribution < 1.29 is 9.59 Å². The molecule has 1 saturated carbocycles. The molecule has 3 rings (SSSR count). The van der Waals surface area contributed by atoms with Crippen molar-refractivity contribution in [1.29, 1.82) is 0 Å². The maximum atomic E-state index is 12.2. The monoisotopic (exact) mass is 349 g/mol. The smallest absolute Gasteiger partial charge is 0.225 e. The summed E-state index contributed by atoms with van der Waals surface area (Å²) in [7, 11) is 0. The fraction of sp³-hybridized carbons (Fsp3) is 0.722. The van der Waals surface area contributed by atoms with Gasteiger partial charge in [0.15, 0.2) is 0 Å². The Bertz CT molecular complexity index is 595. The maximum Gasteiger partial charge on any atom is 0.225 e. The van der Waals surface area contributed by atoms with Gasteiger partial charge < -0.3 is 10.2 Å². The Hall–Kier alpha value is -1.43. The van der Waals surface area contributed by atoms with Crippen molar-refractivity contribution in [3.8, 4) is 0 Å². The number of rotatable bonds is 6. The number of piperidine rings is 1. The highest BCUT2D eigenvalue weighted by Gasteiger charge is 2.29. The highest BCUT2D eigenvalue weighted by atomic mass is 32.1. The molecule has 24 heavy (non-hydrogen) atoms. The van der Waals surface area contributed by atoms with Gasteiger partial charge in [0.05, 0.1) is 10.7 Å². The molecular weight excluding hydrogens is 322 g/mol. The van der Waals surface area contributed by atoms with Crippen molar-refractivity contribution in [1.82, 2.24) is 15.2 Å². The SMILES string of the molecule is CC(C)C(=O)N1CCC[C@@H](c2nc(CCNC(=O)C3CC3)cs2)C1. The number of carbonyl (C=O) groups excluding carboxylic acids is 2. The lowest BCUT2D eigenvalue weighted by Gasteiger charge is -2.33. The first kappa shape index (κ1) is 17.4. The number of likely N-dealkylation sites (tertiary alicyclic amines) is 1. The van der Waals surface area contributed by atoms with Gasteiger partial charge in [-0.1, -0.05) is 13.8 Å². The standard InChI is InChI=1S/C18H27N3O2S/c1-12(2)18(23)21-9-3-4-14(10-21)17-20-15(11-24-17)7-8-19-16(22)13-5-6-13/h11-14H,3-10H2,1-2H3,(H,19,22)/t14-/m1/s1. The summed E-state index contributed by atoms with van der Waals surface area (Å²) in [5.74, 6) is 1.13. The van der Waals surface area contributed by atoms with Crippen LogP contribution in [0.4, 0.5) is 0 Å². The van der Waals surface area contributed by atoms with Crippen molar-refractivity contribution in [3.63, 3.8) is 0 Å². The molecule has 1 aromatic rings. The second kappa shape index (κ2) is 7.64. The largest absolute Gasteiger partial charge is 0.355 e. The first-order valence-electron chi connectivity index (χ1n) is 9.05. The van der Waals surface area contributed by atoms with E-state index in [1.807, 2.05) is 18.7 Å². The highest BCUT2D eigenvalue weighted by Crippen LogP contribution is 2.30. The van der Waals surface area contributed by atoms with Gasteiger partial charge in [0.2, 0.25) is 11.8 Å². The van der Waals surface area contributed by atoms with Crippen LogP contribution in [-0.2, 0) is 16.0 Å². The minimum absolute atomic E-state index is 0.0608. The van der Waals surface area contributed by atoms with Crippen LogP contribution in [-0.4, -0.2) is 41.3 Å². The van der Waals surface area contributed by atoms with Crippen molar-refractivity contribution in [2.45, 2.75) is 51.9 Å². The Kier molecular flexibility index (Phi) is 5.54. The van der Waals surface area contributed by atoms with E-state index in [1.54, 1.807) is 11.3 Å². The fourth-order valence-electron chi connectivity index (χ4n) is 3.17. The predicted molar refractivity (Wildman–Crippen MR) is 94.9 cm³/mol. The van der Waals surface area contributed by atoms with Gasteiger partial charge in [0, 0.05) is 49.2 Å². The zero-order valence-electron chi connectivity index (χ0n) is 14.6. The minimum Gasteiger partial charge on any atom is -0.355 e. The van der Waals surface area contributed by atoms with Gasteiger partial charge in [-0.3, -0.25) is 9.59 Å². The molecule has 0 radical (unpaired) electrons. The van der Waals surface area contributed by atoms with Crippen molar-refractivity contribution in [2.75, 3.05) is 19.6 Å². The fourth-order valence-corrected chi connectivity index (χ4v) is 4.15. The Morgan fingerprint density at radius 1 is 1.38 bits per heavy atom. The maximum absolute atomic E-state index is 12.2.